The highest BCUT2D eigenvalue weighted by atomic mass is 35.5. The number of aliphatic hydroxyl groups is 2. The van der Waals surface area contributed by atoms with Gasteiger partial charge in [0, 0.05) is 17.1 Å². The van der Waals surface area contributed by atoms with Crippen molar-refractivity contribution in [3.05, 3.63) is 28.3 Å². The van der Waals surface area contributed by atoms with Gasteiger partial charge < -0.3 is 25.4 Å². The fourth-order valence-electron chi connectivity index (χ4n) is 1.81. The number of carbonyl (C=O) groups excluding carboxylic acids is 1. The number of aliphatic hydroxyl groups excluding tert-OH is 2. The summed E-state index contributed by atoms with van der Waals surface area (Å²) in [6, 6.07) is 2.91. The van der Waals surface area contributed by atoms with Gasteiger partial charge in [-0.3, -0.25) is 0 Å². The van der Waals surface area contributed by atoms with Crippen LogP contribution in [0.2, 0.25) is 5.02 Å². The molecular formula is C15H22ClNO5. The molecule has 22 heavy (non-hydrogen) atoms. The Bertz CT molecular complexity index is 541. The van der Waals surface area contributed by atoms with Crippen LogP contribution in [-0.2, 0) is 4.74 Å². The number of carbonyl (C=O) groups is 1. The third kappa shape index (κ3) is 5.36. The highest BCUT2D eigenvalue weighted by Gasteiger charge is 2.24. The minimum atomic E-state index is -1.40. The first-order valence-electron chi connectivity index (χ1n) is 6.83. The van der Waals surface area contributed by atoms with Crippen LogP contribution in [0.4, 0.5) is 4.79 Å². The van der Waals surface area contributed by atoms with Crippen LogP contribution in [0.15, 0.2) is 12.1 Å². The molecule has 2 atom stereocenters. The fourth-order valence-corrected chi connectivity index (χ4v) is 2.09. The fraction of sp³-hybridized carbons (Fsp3) is 0.533. The quantitative estimate of drug-likeness (QED) is 0.678. The van der Waals surface area contributed by atoms with Crippen LogP contribution < -0.4 is 5.32 Å². The zero-order chi connectivity index (χ0) is 17.1. The summed E-state index contributed by atoms with van der Waals surface area (Å²) in [4.78, 5) is 11.5. The van der Waals surface area contributed by atoms with Crippen molar-refractivity contribution in [1.29, 1.82) is 0 Å². The van der Waals surface area contributed by atoms with Crippen LogP contribution in [0.1, 0.15) is 38.0 Å². The lowest BCUT2D eigenvalue weighted by Crippen LogP contribution is -2.38. The number of aromatic hydroxyl groups is 1. The Morgan fingerprint density at radius 1 is 1.36 bits per heavy atom. The first kappa shape index (κ1) is 18.5. The van der Waals surface area contributed by atoms with Crippen LogP contribution in [0.5, 0.6) is 5.75 Å². The number of nitrogens with one attached hydrogen (secondary N) is 1. The predicted octanol–water partition coefficient (Wildman–Crippen LogP) is 2.27. The van der Waals surface area contributed by atoms with Crippen molar-refractivity contribution in [1.82, 2.24) is 5.32 Å². The molecule has 0 saturated heterocycles. The third-order valence-electron chi connectivity index (χ3n) is 2.83. The molecule has 1 aromatic rings. The molecule has 124 valence electrons. The molecule has 7 heteroatoms. The van der Waals surface area contributed by atoms with Gasteiger partial charge in [0.25, 0.3) is 0 Å². The van der Waals surface area contributed by atoms with Gasteiger partial charge in [0.2, 0.25) is 0 Å². The number of phenolic OH excluding ortho intramolecular Hbond substituents is 1. The second-order valence-corrected chi connectivity index (χ2v) is 6.49. The van der Waals surface area contributed by atoms with Crippen LogP contribution in [0.25, 0.3) is 0 Å². The molecule has 2 unspecified atom stereocenters. The number of benzene rings is 1. The number of halogens is 1. The summed E-state index contributed by atoms with van der Waals surface area (Å²) in [5, 5.41) is 32.7. The molecule has 0 spiro atoms. The van der Waals surface area contributed by atoms with E-state index in [-0.39, 0.29) is 17.9 Å². The lowest BCUT2D eigenvalue weighted by atomic mass is 10.0. The normalized spacial score (nSPS) is 14.3. The molecule has 4 N–H and O–H groups in total. The van der Waals surface area contributed by atoms with E-state index in [1.165, 1.54) is 6.07 Å². The minimum absolute atomic E-state index is 0.100. The largest absolute Gasteiger partial charge is 0.507 e. The number of aryl methyl sites for hydroxylation is 1. The van der Waals surface area contributed by atoms with E-state index < -0.39 is 23.9 Å². The summed E-state index contributed by atoms with van der Waals surface area (Å²) in [6.07, 6.45) is -3.42. The van der Waals surface area contributed by atoms with Crippen molar-refractivity contribution in [2.24, 2.45) is 0 Å². The average Bonchev–Trinajstić information content (AvgIpc) is 2.37. The van der Waals surface area contributed by atoms with Crippen molar-refractivity contribution in [3.63, 3.8) is 0 Å². The van der Waals surface area contributed by atoms with Crippen LogP contribution in [-0.4, -0.2) is 39.7 Å². The molecule has 0 aliphatic rings. The van der Waals surface area contributed by atoms with Crippen molar-refractivity contribution < 1.29 is 24.9 Å². The Labute approximate surface area is 134 Å². The van der Waals surface area contributed by atoms with E-state index in [1.807, 2.05) is 0 Å². The average molecular weight is 332 g/mol. The van der Waals surface area contributed by atoms with Crippen molar-refractivity contribution in [2.45, 2.75) is 45.5 Å². The Hall–Kier alpha value is -1.50. The van der Waals surface area contributed by atoms with Crippen LogP contribution in [0.3, 0.4) is 0 Å². The predicted molar refractivity (Wildman–Crippen MR) is 83.1 cm³/mol. The number of hydrogen-bond donors (Lipinski definition) is 4. The molecule has 0 heterocycles. The number of amides is 1. The summed E-state index contributed by atoms with van der Waals surface area (Å²) in [6.45, 7) is 6.53. The highest BCUT2D eigenvalue weighted by molar-refractivity contribution is 6.30. The Morgan fingerprint density at radius 3 is 2.50 bits per heavy atom. The van der Waals surface area contributed by atoms with Gasteiger partial charge in [0.05, 0.1) is 0 Å². The zero-order valence-corrected chi connectivity index (χ0v) is 13.8. The summed E-state index contributed by atoms with van der Waals surface area (Å²) in [7, 11) is 0. The number of rotatable bonds is 4. The maximum Gasteiger partial charge on any atom is 0.407 e. The summed E-state index contributed by atoms with van der Waals surface area (Å²) in [5.74, 6) is -0.145. The summed E-state index contributed by atoms with van der Waals surface area (Å²) >= 11 is 5.88. The smallest absolute Gasteiger partial charge is 0.407 e. The molecule has 0 saturated carbocycles. The van der Waals surface area contributed by atoms with Crippen LogP contribution in [0, 0.1) is 6.92 Å². The SMILES string of the molecule is Cc1cc(Cl)cc(C(O)C(O)CNC(=O)OC(C)(C)C)c1O. The van der Waals surface area contributed by atoms with Crippen LogP contribution >= 0.6 is 11.6 Å². The molecule has 0 aliphatic heterocycles. The van der Waals surface area contributed by atoms with E-state index >= 15 is 0 Å². The maximum absolute atomic E-state index is 11.5. The molecule has 0 aliphatic carbocycles. The van der Waals surface area contributed by atoms with Gasteiger partial charge in [-0.1, -0.05) is 11.6 Å². The highest BCUT2D eigenvalue weighted by Crippen LogP contribution is 2.32. The molecule has 0 aromatic heterocycles. The Morgan fingerprint density at radius 2 is 1.95 bits per heavy atom. The standard InChI is InChI=1S/C15H22ClNO5/c1-8-5-9(16)6-10(12(8)19)13(20)11(18)7-17-14(21)22-15(2,3)4/h5-6,11,13,18-20H,7H2,1-4H3,(H,17,21). The van der Waals surface area contributed by atoms with E-state index in [2.05, 4.69) is 5.32 Å². The monoisotopic (exact) mass is 331 g/mol. The molecule has 0 fully saturated rings. The van der Waals surface area contributed by atoms with E-state index in [0.29, 0.717) is 10.6 Å². The van der Waals surface area contributed by atoms with Crippen molar-refractivity contribution >= 4 is 17.7 Å². The summed E-state index contributed by atoms with van der Waals surface area (Å²) in [5.41, 5.74) is -0.0759. The van der Waals surface area contributed by atoms with E-state index in [0.717, 1.165) is 0 Å². The Balaban J connectivity index is 2.70. The molecule has 1 rings (SSSR count). The maximum atomic E-state index is 11.5. The lowest BCUT2D eigenvalue weighted by Gasteiger charge is -2.23. The number of hydrogen-bond acceptors (Lipinski definition) is 5. The topological polar surface area (TPSA) is 99.0 Å². The second kappa shape index (κ2) is 7.17. The molecule has 1 amide bonds. The van der Waals surface area contributed by atoms with Gasteiger partial charge in [-0.15, -0.1) is 0 Å². The van der Waals surface area contributed by atoms with Gasteiger partial charge in [0.15, 0.2) is 0 Å². The van der Waals surface area contributed by atoms with Crippen molar-refractivity contribution in [3.8, 4) is 5.75 Å². The molecule has 1 aromatic carbocycles. The molecule has 0 radical (unpaired) electrons. The van der Waals surface area contributed by atoms with E-state index in [1.54, 1.807) is 33.8 Å². The number of alkyl carbamates (subject to hydrolysis) is 1. The lowest BCUT2D eigenvalue weighted by molar-refractivity contribution is 0.0119. The minimum Gasteiger partial charge on any atom is -0.507 e. The molecular weight excluding hydrogens is 310 g/mol. The van der Waals surface area contributed by atoms with E-state index in [9.17, 15) is 20.1 Å². The third-order valence-corrected chi connectivity index (χ3v) is 3.05. The molecule has 6 nitrogen and oxygen atoms in total. The number of phenols is 1. The van der Waals surface area contributed by atoms with Gasteiger partial charge in [0.1, 0.15) is 23.6 Å². The van der Waals surface area contributed by atoms with Crippen molar-refractivity contribution in [2.75, 3.05) is 6.54 Å². The Kier molecular flexibility index (Phi) is 6.05. The van der Waals surface area contributed by atoms with Gasteiger partial charge >= 0.3 is 6.09 Å². The van der Waals surface area contributed by atoms with E-state index in [4.69, 9.17) is 16.3 Å². The molecule has 0 bridgehead atoms. The van der Waals surface area contributed by atoms with Gasteiger partial charge in [-0.2, -0.15) is 0 Å². The first-order chi connectivity index (χ1) is 10.0. The second-order valence-electron chi connectivity index (χ2n) is 6.06. The number of ether oxygens (including phenoxy) is 1. The van der Waals surface area contributed by atoms with Gasteiger partial charge in [-0.05, 0) is 45.4 Å². The van der Waals surface area contributed by atoms with Gasteiger partial charge in [-0.25, -0.2) is 4.79 Å². The first-order valence-corrected chi connectivity index (χ1v) is 7.21. The summed E-state index contributed by atoms with van der Waals surface area (Å²) < 4.78 is 5.02. The zero-order valence-electron chi connectivity index (χ0n) is 13.1.